The van der Waals surface area contributed by atoms with Gasteiger partial charge < -0.3 is 8.80 Å². The molecular weight excluding hydrogens is 296 g/mol. The lowest BCUT2D eigenvalue weighted by Gasteiger charge is -1.93. The van der Waals surface area contributed by atoms with Crippen LogP contribution in [-0.2, 0) is 0 Å². The smallest absolute Gasteiger partial charge is 0.136 e. The minimum absolute atomic E-state index is 1.02. The van der Waals surface area contributed by atoms with Gasteiger partial charge in [-0.25, -0.2) is 9.97 Å². The Balaban J connectivity index is 0.000000158. The van der Waals surface area contributed by atoms with Crippen LogP contribution < -0.4 is 0 Å². The third-order valence-electron chi connectivity index (χ3n) is 3.47. The molecule has 126 valence electrons. The van der Waals surface area contributed by atoms with Gasteiger partial charge in [-0.3, -0.25) is 0 Å². The second-order valence-corrected chi connectivity index (χ2v) is 5.79. The average Bonchev–Trinajstić information content (AvgIpc) is 3.09. The molecule has 0 aliphatic rings. The highest BCUT2D eigenvalue weighted by atomic mass is 15.0. The lowest BCUT2D eigenvalue weighted by atomic mass is 10.3. The van der Waals surface area contributed by atoms with Crippen LogP contribution in [0.3, 0.4) is 0 Å². The third kappa shape index (κ3) is 4.22. The fourth-order valence-corrected chi connectivity index (χ4v) is 2.49. The van der Waals surface area contributed by atoms with E-state index in [0.717, 1.165) is 11.3 Å². The summed E-state index contributed by atoms with van der Waals surface area (Å²) in [7, 11) is 0. The summed E-state index contributed by atoms with van der Waals surface area (Å²) in [6.45, 7) is 12.2. The zero-order valence-corrected chi connectivity index (χ0v) is 15.4. The summed E-state index contributed by atoms with van der Waals surface area (Å²) in [6.07, 6.45) is 9.96. The van der Waals surface area contributed by atoms with E-state index in [1.165, 1.54) is 22.2 Å². The van der Waals surface area contributed by atoms with Gasteiger partial charge in [-0.05, 0) is 62.6 Å². The molecule has 0 saturated heterocycles. The van der Waals surface area contributed by atoms with Crippen LogP contribution in [0, 0.1) is 27.7 Å². The van der Waals surface area contributed by atoms with Crippen LogP contribution in [0.15, 0.2) is 49.3 Å². The molecule has 0 aromatic carbocycles. The monoisotopic (exact) mass is 322 g/mol. The third-order valence-corrected chi connectivity index (χ3v) is 3.47. The molecule has 0 bridgehead atoms. The molecule has 4 aromatic heterocycles. The van der Waals surface area contributed by atoms with E-state index in [0.29, 0.717) is 0 Å². The van der Waals surface area contributed by atoms with Crippen molar-refractivity contribution in [2.24, 2.45) is 0 Å². The topological polar surface area (TPSA) is 34.6 Å². The molecule has 24 heavy (non-hydrogen) atoms. The van der Waals surface area contributed by atoms with Gasteiger partial charge in [0.1, 0.15) is 5.65 Å². The quantitative estimate of drug-likeness (QED) is 0.460. The molecule has 0 amide bonds. The molecular formula is C20H26N4. The van der Waals surface area contributed by atoms with Crippen LogP contribution in [0.1, 0.15) is 36.2 Å². The van der Waals surface area contributed by atoms with E-state index in [1.807, 2.05) is 49.0 Å². The van der Waals surface area contributed by atoms with Crippen molar-refractivity contribution in [3.63, 3.8) is 0 Å². The molecule has 0 unspecified atom stereocenters. The Kier molecular flexibility index (Phi) is 5.74. The molecule has 4 heterocycles. The summed E-state index contributed by atoms with van der Waals surface area (Å²) in [5, 5.41) is 0. The van der Waals surface area contributed by atoms with E-state index in [9.17, 15) is 0 Å². The summed E-state index contributed by atoms with van der Waals surface area (Å²) in [5.41, 5.74) is 7.02. The molecule has 0 radical (unpaired) electrons. The highest BCUT2D eigenvalue weighted by molar-refractivity contribution is 5.50. The van der Waals surface area contributed by atoms with Gasteiger partial charge in [0, 0.05) is 36.0 Å². The van der Waals surface area contributed by atoms with Crippen molar-refractivity contribution in [3.05, 3.63) is 71.7 Å². The van der Waals surface area contributed by atoms with E-state index >= 15 is 0 Å². The predicted octanol–water partition coefficient (Wildman–Crippen LogP) is 4.93. The molecule has 4 nitrogen and oxygen atoms in total. The summed E-state index contributed by atoms with van der Waals surface area (Å²) >= 11 is 0. The Bertz CT molecular complexity index is 853. The van der Waals surface area contributed by atoms with Crippen molar-refractivity contribution in [3.8, 4) is 0 Å². The summed E-state index contributed by atoms with van der Waals surface area (Å²) in [4.78, 5) is 8.45. The predicted molar refractivity (Wildman–Crippen MR) is 101 cm³/mol. The first kappa shape index (κ1) is 17.7. The lowest BCUT2D eigenvalue weighted by Crippen LogP contribution is -1.85. The number of aryl methyl sites for hydroxylation is 4. The van der Waals surface area contributed by atoms with Gasteiger partial charge in [0.25, 0.3) is 0 Å². The molecule has 0 N–H and O–H groups in total. The minimum atomic E-state index is 1.02. The van der Waals surface area contributed by atoms with Crippen molar-refractivity contribution in [2.75, 3.05) is 0 Å². The summed E-state index contributed by atoms with van der Waals surface area (Å²) < 4.78 is 4.08. The van der Waals surface area contributed by atoms with Crippen molar-refractivity contribution in [2.45, 2.75) is 41.5 Å². The van der Waals surface area contributed by atoms with Gasteiger partial charge in [-0.2, -0.15) is 0 Å². The first-order chi connectivity index (χ1) is 11.5. The Morgan fingerprint density at radius 2 is 1.33 bits per heavy atom. The van der Waals surface area contributed by atoms with Gasteiger partial charge in [0.05, 0.1) is 6.33 Å². The Morgan fingerprint density at radius 3 is 2.08 bits per heavy atom. The van der Waals surface area contributed by atoms with Crippen LogP contribution in [0.5, 0.6) is 0 Å². The van der Waals surface area contributed by atoms with E-state index in [4.69, 9.17) is 0 Å². The first-order valence-electron chi connectivity index (χ1n) is 8.33. The number of fused-ring (bicyclic) bond motifs is 2. The molecule has 0 atom stereocenters. The zero-order chi connectivity index (χ0) is 17.7. The summed E-state index contributed by atoms with van der Waals surface area (Å²) in [6, 6.07) is 6.29. The van der Waals surface area contributed by atoms with Crippen LogP contribution in [0.25, 0.3) is 11.2 Å². The molecule has 4 rings (SSSR count). The van der Waals surface area contributed by atoms with E-state index in [1.54, 1.807) is 0 Å². The second kappa shape index (κ2) is 7.77. The highest BCUT2D eigenvalue weighted by Crippen LogP contribution is 2.08. The van der Waals surface area contributed by atoms with Crippen molar-refractivity contribution < 1.29 is 0 Å². The highest BCUT2D eigenvalue weighted by Gasteiger charge is 1.95. The molecule has 0 aliphatic heterocycles. The van der Waals surface area contributed by atoms with Crippen LogP contribution >= 0.6 is 0 Å². The van der Waals surface area contributed by atoms with Gasteiger partial charge in [0.15, 0.2) is 0 Å². The van der Waals surface area contributed by atoms with E-state index in [-0.39, 0.29) is 0 Å². The SMILES string of the molecule is CC.Cc1cc2cc(C)ncn2c1.Cc1cnc2cc(C)cn2c1. The van der Waals surface area contributed by atoms with Gasteiger partial charge >= 0.3 is 0 Å². The average molecular weight is 322 g/mol. The van der Waals surface area contributed by atoms with E-state index < -0.39 is 0 Å². The Labute approximate surface area is 143 Å². The largest absolute Gasteiger partial charge is 0.308 e. The van der Waals surface area contributed by atoms with Gasteiger partial charge in [0.2, 0.25) is 0 Å². The van der Waals surface area contributed by atoms with Gasteiger partial charge in [-0.1, -0.05) is 13.8 Å². The van der Waals surface area contributed by atoms with Crippen molar-refractivity contribution >= 4 is 11.2 Å². The molecule has 4 heteroatoms. The Morgan fingerprint density at radius 1 is 0.708 bits per heavy atom. The normalized spacial score (nSPS) is 10.1. The van der Waals surface area contributed by atoms with Crippen LogP contribution in [0.2, 0.25) is 0 Å². The molecule has 0 saturated carbocycles. The fraction of sp³-hybridized carbons (Fsp3) is 0.300. The maximum absolute atomic E-state index is 4.26. The standard InChI is InChI=1S/2C9H10N2.C2H6/c1-7-3-9-4-8(2)10-6-11(9)5-7;1-7-3-9-10-4-8(2)6-11(9)5-7;1-2/h2*3-6H,1-2H3;1-2H3. The Hall–Kier alpha value is -2.62. The number of nitrogens with zero attached hydrogens (tertiary/aromatic N) is 4. The molecule has 0 fully saturated rings. The molecule has 4 aromatic rings. The van der Waals surface area contributed by atoms with E-state index in [2.05, 4.69) is 60.6 Å². The zero-order valence-electron chi connectivity index (χ0n) is 15.4. The second-order valence-electron chi connectivity index (χ2n) is 5.79. The van der Waals surface area contributed by atoms with Crippen LogP contribution in [-0.4, -0.2) is 18.8 Å². The van der Waals surface area contributed by atoms with Crippen molar-refractivity contribution in [1.29, 1.82) is 0 Å². The lowest BCUT2D eigenvalue weighted by molar-refractivity contribution is 1.05. The maximum Gasteiger partial charge on any atom is 0.136 e. The minimum Gasteiger partial charge on any atom is -0.308 e. The number of aromatic nitrogens is 4. The fourth-order valence-electron chi connectivity index (χ4n) is 2.49. The number of hydrogen-bond donors (Lipinski definition) is 0. The van der Waals surface area contributed by atoms with Crippen molar-refractivity contribution in [1.82, 2.24) is 18.8 Å². The summed E-state index contributed by atoms with van der Waals surface area (Å²) in [5.74, 6) is 0. The maximum atomic E-state index is 4.26. The van der Waals surface area contributed by atoms with Gasteiger partial charge in [-0.15, -0.1) is 0 Å². The molecule has 0 spiro atoms. The number of rotatable bonds is 0. The first-order valence-corrected chi connectivity index (χ1v) is 8.33. The van der Waals surface area contributed by atoms with Crippen LogP contribution in [0.4, 0.5) is 0 Å². The molecule has 0 aliphatic carbocycles. The number of hydrogen-bond acceptors (Lipinski definition) is 2.